The zero-order valence-electron chi connectivity index (χ0n) is 17.6. The Morgan fingerprint density at radius 1 is 1.03 bits per heavy atom. The second kappa shape index (κ2) is 8.08. The maximum absolute atomic E-state index is 11.9. The van der Waals surface area contributed by atoms with Crippen molar-refractivity contribution in [1.82, 2.24) is 4.57 Å². The molecule has 2 aromatic carbocycles. The summed E-state index contributed by atoms with van der Waals surface area (Å²) < 4.78 is 2.29. The van der Waals surface area contributed by atoms with Crippen LogP contribution in [0.15, 0.2) is 53.4 Å². The summed E-state index contributed by atoms with van der Waals surface area (Å²) in [6, 6.07) is 16.2. The van der Waals surface area contributed by atoms with Crippen LogP contribution in [0.2, 0.25) is 5.02 Å². The molecule has 0 aliphatic rings. The van der Waals surface area contributed by atoms with Crippen LogP contribution in [0.1, 0.15) is 45.9 Å². The van der Waals surface area contributed by atoms with E-state index in [9.17, 15) is 9.90 Å². The molecular weight excluding hydrogens is 402 g/mol. The van der Waals surface area contributed by atoms with Gasteiger partial charge in [-0.15, -0.1) is 11.8 Å². The van der Waals surface area contributed by atoms with Gasteiger partial charge in [0, 0.05) is 44.2 Å². The molecule has 5 heteroatoms. The van der Waals surface area contributed by atoms with Gasteiger partial charge in [0.1, 0.15) is 0 Å². The van der Waals surface area contributed by atoms with Crippen molar-refractivity contribution in [3.8, 4) is 0 Å². The molecule has 0 spiro atoms. The normalized spacial score (nSPS) is 12.5. The van der Waals surface area contributed by atoms with Crippen LogP contribution in [0, 0.1) is 5.41 Å². The third-order valence-electron chi connectivity index (χ3n) is 4.88. The van der Waals surface area contributed by atoms with E-state index in [2.05, 4.69) is 37.5 Å². The first kappa shape index (κ1) is 21.8. The van der Waals surface area contributed by atoms with Crippen LogP contribution in [0.25, 0.3) is 10.9 Å². The Morgan fingerprint density at radius 2 is 1.66 bits per heavy atom. The van der Waals surface area contributed by atoms with Gasteiger partial charge in [0.05, 0.1) is 5.41 Å². The molecule has 154 valence electrons. The molecule has 3 nitrogen and oxygen atoms in total. The third-order valence-corrected chi connectivity index (χ3v) is 6.40. The molecule has 1 aromatic heterocycles. The zero-order valence-corrected chi connectivity index (χ0v) is 19.2. The summed E-state index contributed by atoms with van der Waals surface area (Å²) in [4.78, 5) is 13.1. The minimum absolute atomic E-state index is 0.0113. The topological polar surface area (TPSA) is 42.2 Å². The summed E-state index contributed by atoms with van der Waals surface area (Å²) in [5.74, 6) is -0.785. The van der Waals surface area contributed by atoms with E-state index < -0.39 is 11.4 Å². The lowest BCUT2D eigenvalue weighted by molar-refractivity contribution is -0.146. The zero-order chi connectivity index (χ0) is 21.4. The molecule has 1 N–H and O–H groups in total. The Balaban J connectivity index is 2.22. The quantitative estimate of drug-likeness (QED) is 0.434. The van der Waals surface area contributed by atoms with Crippen molar-refractivity contribution in [3.63, 3.8) is 0 Å². The number of rotatable bonds is 6. The molecule has 3 aromatic rings. The SMILES string of the molecule is CC(C)(C)Sc1c(CC(C)(C)C(=O)O)n(Cc2ccc(Cl)cc2)c2ccccc12. The Morgan fingerprint density at radius 3 is 2.24 bits per heavy atom. The smallest absolute Gasteiger partial charge is 0.309 e. The van der Waals surface area contributed by atoms with Crippen molar-refractivity contribution >= 4 is 40.2 Å². The number of para-hydroxylation sites is 1. The number of thioether (sulfide) groups is 1. The summed E-state index contributed by atoms with van der Waals surface area (Å²) >= 11 is 7.87. The van der Waals surface area contributed by atoms with Gasteiger partial charge in [-0.25, -0.2) is 0 Å². The number of carboxylic acids is 1. The van der Waals surface area contributed by atoms with Crippen LogP contribution < -0.4 is 0 Å². The van der Waals surface area contributed by atoms with E-state index in [4.69, 9.17) is 11.6 Å². The molecule has 29 heavy (non-hydrogen) atoms. The average Bonchev–Trinajstić information content (AvgIpc) is 2.88. The number of aromatic nitrogens is 1. The van der Waals surface area contributed by atoms with E-state index in [0.717, 1.165) is 16.8 Å². The van der Waals surface area contributed by atoms with Crippen LogP contribution in [0.3, 0.4) is 0 Å². The van der Waals surface area contributed by atoms with Gasteiger partial charge in [-0.2, -0.15) is 0 Å². The van der Waals surface area contributed by atoms with Gasteiger partial charge in [0.15, 0.2) is 0 Å². The number of halogens is 1. The number of hydrogen-bond acceptors (Lipinski definition) is 2. The van der Waals surface area contributed by atoms with E-state index in [1.807, 2.05) is 48.2 Å². The van der Waals surface area contributed by atoms with Crippen molar-refractivity contribution in [2.45, 2.75) is 57.2 Å². The summed E-state index contributed by atoms with van der Waals surface area (Å²) in [5.41, 5.74) is 2.48. The van der Waals surface area contributed by atoms with Crippen molar-refractivity contribution in [1.29, 1.82) is 0 Å². The molecule has 1 heterocycles. The maximum atomic E-state index is 11.9. The van der Waals surface area contributed by atoms with Crippen molar-refractivity contribution in [3.05, 3.63) is 64.8 Å². The lowest BCUT2D eigenvalue weighted by Gasteiger charge is -2.24. The Kier molecular flexibility index (Phi) is 6.07. The number of hydrogen-bond donors (Lipinski definition) is 1. The molecule has 0 radical (unpaired) electrons. The number of fused-ring (bicyclic) bond motifs is 1. The summed E-state index contributed by atoms with van der Waals surface area (Å²) in [6.45, 7) is 10.8. The molecule has 0 bridgehead atoms. The first-order valence-corrected chi connectivity index (χ1v) is 10.9. The first-order valence-electron chi connectivity index (χ1n) is 9.75. The molecule has 0 unspecified atom stereocenters. The lowest BCUT2D eigenvalue weighted by Crippen LogP contribution is -2.28. The average molecular weight is 430 g/mol. The molecule has 0 aliphatic heterocycles. The molecular formula is C24H28ClNO2S. The van der Waals surface area contributed by atoms with Gasteiger partial charge in [-0.3, -0.25) is 4.79 Å². The summed E-state index contributed by atoms with van der Waals surface area (Å²) in [7, 11) is 0. The minimum Gasteiger partial charge on any atom is -0.481 e. The van der Waals surface area contributed by atoms with Gasteiger partial charge in [-0.05, 0) is 37.6 Å². The van der Waals surface area contributed by atoms with Crippen molar-refractivity contribution in [2.24, 2.45) is 5.41 Å². The molecule has 0 aliphatic carbocycles. The van der Waals surface area contributed by atoms with E-state index in [-0.39, 0.29) is 4.75 Å². The summed E-state index contributed by atoms with van der Waals surface area (Å²) in [6.07, 6.45) is 0.461. The highest BCUT2D eigenvalue weighted by Crippen LogP contribution is 2.43. The fourth-order valence-corrected chi connectivity index (χ4v) is 4.69. The third kappa shape index (κ3) is 4.99. The van der Waals surface area contributed by atoms with Crippen molar-refractivity contribution in [2.75, 3.05) is 0 Å². The molecule has 0 amide bonds. The first-order chi connectivity index (χ1) is 13.5. The second-order valence-corrected chi connectivity index (χ2v) is 11.4. The Labute approximate surface area is 182 Å². The van der Waals surface area contributed by atoms with Crippen LogP contribution in [-0.2, 0) is 17.8 Å². The van der Waals surface area contributed by atoms with E-state index in [1.165, 1.54) is 10.3 Å². The largest absolute Gasteiger partial charge is 0.481 e. The van der Waals surface area contributed by atoms with E-state index in [0.29, 0.717) is 18.0 Å². The monoisotopic (exact) mass is 429 g/mol. The predicted octanol–water partition coefficient (Wildman–Crippen LogP) is 6.89. The van der Waals surface area contributed by atoms with Gasteiger partial charge in [-0.1, -0.05) is 62.7 Å². The molecule has 0 atom stereocenters. The Hall–Kier alpha value is -1.91. The standard InChI is InChI=1S/C24H28ClNO2S/c1-23(2,3)29-21-18-8-6-7-9-19(18)26(15-16-10-12-17(25)13-11-16)20(21)14-24(4,5)22(27)28/h6-13H,14-15H2,1-5H3,(H,27,28). The number of carboxylic acid groups (broad SMARTS) is 1. The van der Waals surface area contributed by atoms with Crippen LogP contribution in [0.4, 0.5) is 0 Å². The molecule has 3 rings (SSSR count). The van der Waals surface area contributed by atoms with Gasteiger partial charge in [0.25, 0.3) is 0 Å². The number of aliphatic carboxylic acids is 1. The van der Waals surface area contributed by atoms with Crippen LogP contribution in [-0.4, -0.2) is 20.4 Å². The highest BCUT2D eigenvalue weighted by atomic mass is 35.5. The van der Waals surface area contributed by atoms with Gasteiger partial charge < -0.3 is 9.67 Å². The molecule has 0 saturated heterocycles. The van der Waals surface area contributed by atoms with Gasteiger partial charge in [0.2, 0.25) is 0 Å². The maximum Gasteiger partial charge on any atom is 0.309 e. The highest BCUT2D eigenvalue weighted by molar-refractivity contribution is 8.00. The number of carbonyl (C=O) groups is 1. The molecule has 0 saturated carbocycles. The van der Waals surface area contributed by atoms with E-state index >= 15 is 0 Å². The fraction of sp³-hybridized carbons (Fsp3) is 0.375. The second-order valence-electron chi connectivity index (χ2n) is 9.09. The van der Waals surface area contributed by atoms with Crippen molar-refractivity contribution < 1.29 is 9.90 Å². The minimum atomic E-state index is -0.862. The summed E-state index contributed by atoms with van der Waals surface area (Å²) in [5, 5.41) is 11.7. The van der Waals surface area contributed by atoms with Crippen LogP contribution in [0.5, 0.6) is 0 Å². The fourth-order valence-electron chi connectivity index (χ4n) is 3.37. The lowest BCUT2D eigenvalue weighted by atomic mass is 9.88. The highest BCUT2D eigenvalue weighted by Gasteiger charge is 2.32. The van der Waals surface area contributed by atoms with E-state index in [1.54, 1.807) is 13.8 Å². The molecule has 0 fully saturated rings. The number of nitrogens with zero attached hydrogens (tertiary/aromatic N) is 1. The Bertz CT molecular complexity index is 1030. The van der Waals surface area contributed by atoms with Crippen LogP contribution >= 0.6 is 23.4 Å². The van der Waals surface area contributed by atoms with Gasteiger partial charge >= 0.3 is 5.97 Å². The predicted molar refractivity (Wildman–Crippen MR) is 123 cm³/mol. The number of benzene rings is 2.